The second-order valence-electron chi connectivity index (χ2n) is 7.06. The molecule has 24 heavy (non-hydrogen) atoms. The van der Waals surface area contributed by atoms with Crippen molar-refractivity contribution in [1.82, 2.24) is 0 Å². The molecule has 0 radical (unpaired) electrons. The van der Waals surface area contributed by atoms with E-state index in [-0.39, 0.29) is 11.2 Å². The van der Waals surface area contributed by atoms with E-state index in [1.54, 1.807) is 23.5 Å². The van der Waals surface area contributed by atoms with E-state index < -0.39 is 7.12 Å². The molecule has 0 N–H and O–H groups in total. The molecule has 2 nitrogen and oxygen atoms in total. The monoisotopic (exact) mass is 376 g/mol. The molecular weight excluding hydrogens is 359 g/mol. The highest BCUT2D eigenvalue weighted by Gasteiger charge is 2.52. The first-order chi connectivity index (χ1) is 11.3. The summed E-state index contributed by atoms with van der Waals surface area (Å²) in [6, 6.07) is 12.6. The molecule has 2 heterocycles. The summed E-state index contributed by atoms with van der Waals surface area (Å²) in [5.74, 6) is 0. The normalized spacial score (nSPS) is 20.6. The van der Waals surface area contributed by atoms with Gasteiger partial charge in [-0.15, -0.1) is 0 Å². The average molecular weight is 377 g/mol. The van der Waals surface area contributed by atoms with Crippen molar-refractivity contribution in [3.8, 4) is 0 Å². The maximum Gasteiger partial charge on any atom is 0.496 e. The van der Waals surface area contributed by atoms with Crippen LogP contribution < -0.4 is 5.46 Å². The molecule has 4 rings (SSSR count). The van der Waals surface area contributed by atoms with Crippen molar-refractivity contribution in [2.24, 2.45) is 0 Å². The summed E-state index contributed by atoms with van der Waals surface area (Å²) < 4.78 is 12.3. The molecule has 6 heteroatoms. The Kier molecular flexibility index (Phi) is 4.01. The van der Waals surface area contributed by atoms with E-state index in [4.69, 9.17) is 20.9 Å². The van der Waals surface area contributed by atoms with E-state index in [0.717, 1.165) is 5.46 Å². The standard InChI is InChI=1S/C18H18BClO2S2/c1-17(2)18(3,4)22-19(21-17)11-9-15-16(10-12(11)20)24-14-8-6-5-7-13(14)23-15/h5-10H,1-4H3. The molecule has 2 aliphatic rings. The Balaban J connectivity index is 1.71. The van der Waals surface area contributed by atoms with Gasteiger partial charge in [0.05, 0.1) is 11.2 Å². The summed E-state index contributed by atoms with van der Waals surface area (Å²) in [5.41, 5.74) is 0.165. The summed E-state index contributed by atoms with van der Waals surface area (Å²) in [4.78, 5) is 4.93. The molecule has 124 valence electrons. The molecular formula is C18H18BClO2S2. The summed E-state index contributed by atoms with van der Waals surface area (Å²) in [6.07, 6.45) is 0. The van der Waals surface area contributed by atoms with Crippen LogP contribution in [0.3, 0.4) is 0 Å². The highest BCUT2D eigenvalue weighted by atomic mass is 35.5. The Morgan fingerprint density at radius 1 is 0.833 bits per heavy atom. The topological polar surface area (TPSA) is 18.5 Å². The van der Waals surface area contributed by atoms with Crippen LogP contribution in [0.15, 0.2) is 56.0 Å². The number of hydrogen-bond acceptors (Lipinski definition) is 4. The number of halogens is 1. The van der Waals surface area contributed by atoms with Gasteiger partial charge in [-0.1, -0.05) is 47.3 Å². The van der Waals surface area contributed by atoms with Gasteiger partial charge in [0.25, 0.3) is 0 Å². The zero-order chi connectivity index (χ0) is 17.1. The van der Waals surface area contributed by atoms with Crippen LogP contribution in [0, 0.1) is 0 Å². The van der Waals surface area contributed by atoms with Gasteiger partial charge in [-0.25, -0.2) is 0 Å². The number of hydrogen-bond donors (Lipinski definition) is 0. The lowest BCUT2D eigenvalue weighted by molar-refractivity contribution is 0.00578. The molecule has 1 saturated heterocycles. The Labute approximate surface area is 156 Å². The number of fused-ring (bicyclic) bond motifs is 2. The van der Waals surface area contributed by atoms with Gasteiger partial charge in [-0.2, -0.15) is 0 Å². The predicted octanol–water partition coefficient (Wildman–Crippen LogP) is 5.26. The van der Waals surface area contributed by atoms with Gasteiger partial charge >= 0.3 is 7.12 Å². The van der Waals surface area contributed by atoms with Crippen molar-refractivity contribution in [1.29, 1.82) is 0 Å². The maximum absolute atomic E-state index is 6.57. The Morgan fingerprint density at radius 2 is 1.33 bits per heavy atom. The van der Waals surface area contributed by atoms with Gasteiger partial charge < -0.3 is 9.31 Å². The average Bonchev–Trinajstić information content (AvgIpc) is 2.72. The Morgan fingerprint density at radius 3 is 1.88 bits per heavy atom. The van der Waals surface area contributed by atoms with Crippen LogP contribution in [-0.2, 0) is 9.31 Å². The molecule has 0 saturated carbocycles. The van der Waals surface area contributed by atoms with E-state index >= 15 is 0 Å². The molecule has 2 aromatic carbocycles. The molecule has 0 atom stereocenters. The lowest BCUT2D eigenvalue weighted by atomic mass is 9.79. The molecule has 0 aliphatic carbocycles. The van der Waals surface area contributed by atoms with Crippen LogP contribution in [-0.4, -0.2) is 18.3 Å². The lowest BCUT2D eigenvalue weighted by Crippen LogP contribution is -2.41. The minimum atomic E-state index is -0.435. The van der Waals surface area contributed by atoms with Crippen molar-refractivity contribution in [3.05, 3.63) is 41.4 Å². The minimum absolute atomic E-state index is 0.370. The molecule has 0 aromatic heterocycles. The van der Waals surface area contributed by atoms with Crippen molar-refractivity contribution in [2.75, 3.05) is 0 Å². The molecule has 0 bridgehead atoms. The van der Waals surface area contributed by atoms with E-state index in [1.807, 2.05) is 6.07 Å². The second-order valence-corrected chi connectivity index (χ2v) is 9.63. The van der Waals surface area contributed by atoms with Crippen LogP contribution in [0.2, 0.25) is 5.02 Å². The fraction of sp³-hybridized carbons (Fsp3) is 0.333. The highest BCUT2D eigenvalue weighted by Crippen LogP contribution is 2.49. The summed E-state index contributed by atoms with van der Waals surface area (Å²) in [6.45, 7) is 8.22. The first-order valence-electron chi connectivity index (χ1n) is 7.91. The van der Waals surface area contributed by atoms with Gasteiger partial charge in [0.15, 0.2) is 0 Å². The van der Waals surface area contributed by atoms with Gasteiger partial charge in [-0.05, 0) is 52.0 Å². The van der Waals surface area contributed by atoms with Crippen molar-refractivity contribution < 1.29 is 9.31 Å². The summed E-state index contributed by atoms with van der Waals surface area (Å²) in [5, 5.41) is 0.694. The van der Waals surface area contributed by atoms with Crippen LogP contribution in [0.1, 0.15) is 27.7 Å². The van der Waals surface area contributed by atoms with Crippen molar-refractivity contribution in [2.45, 2.75) is 58.5 Å². The summed E-state index contributed by atoms with van der Waals surface area (Å²) >= 11 is 10.1. The fourth-order valence-electron chi connectivity index (χ4n) is 2.72. The van der Waals surface area contributed by atoms with Gasteiger partial charge in [-0.3, -0.25) is 0 Å². The third kappa shape index (κ3) is 2.71. The molecule has 0 unspecified atom stereocenters. The zero-order valence-electron chi connectivity index (χ0n) is 14.1. The first-order valence-corrected chi connectivity index (χ1v) is 9.92. The minimum Gasteiger partial charge on any atom is -0.399 e. The Hall–Kier alpha value is -0.585. The van der Waals surface area contributed by atoms with Crippen LogP contribution >= 0.6 is 35.1 Å². The second kappa shape index (κ2) is 5.71. The molecule has 1 fully saturated rings. The van der Waals surface area contributed by atoms with Crippen molar-refractivity contribution >= 4 is 47.7 Å². The third-order valence-electron chi connectivity index (χ3n) is 4.86. The Bertz CT molecular complexity index is 807. The highest BCUT2D eigenvalue weighted by molar-refractivity contribution is 8.05. The van der Waals surface area contributed by atoms with Crippen LogP contribution in [0.25, 0.3) is 0 Å². The lowest BCUT2D eigenvalue weighted by Gasteiger charge is -2.32. The number of benzene rings is 2. The fourth-order valence-corrected chi connectivity index (χ4v) is 5.32. The zero-order valence-corrected chi connectivity index (χ0v) is 16.4. The van der Waals surface area contributed by atoms with Crippen LogP contribution in [0.4, 0.5) is 0 Å². The van der Waals surface area contributed by atoms with Gasteiger partial charge in [0, 0.05) is 30.1 Å². The van der Waals surface area contributed by atoms with Crippen LogP contribution in [0.5, 0.6) is 0 Å². The smallest absolute Gasteiger partial charge is 0.399 e. The van der Waals surface area contributed by atoms with Crippen molar-refractivity contribution in [3.63, 3.8) is 0 Å². The molecule has 2 aromatic rings. The third-order valence-corrected chi connectivity index (χ3v) is 7.71. The van der Waals surface area contributed by atoms with E-state index in [2.05, 4.69) is 58.0 Å². The summed E-state index contributed by atoms with van der Waals surface area (Å²) in [7, 11) is -0.435. The predicted molar refractivity (Wildman–Crippen MR) is 102 cm³/mol. The molecule has 0 amide bonds. The quantitative estimate of drug-likeness (QED) is 0.539. The van der Waals surface area contributed by atoms with E-state index in [1.165, 1.54) is 19.6 Å². The molecule has 0 spiro atoms. The number of rotatable bonds is 1. The van der Waals surface area contributed by atoms with Gasteiger partial charge in [0.1, 0.15) is 0 Å². The molecule has 2 aliphatic heterocycles. The van der Waals surface area contributed by atoms with Gasteiger partial charge in [0.2, 0.25) is 0 Å². The van der Waals surface area contributed by atoms with E-state index in [9.17, 15) is 0 Å². The SMILES string of the molecule is CC1(C)OB(c2cc3c(cc2Cl)Sc2ccccc2S3)OC1(C)C. The first kappa shape index (κ1) is 16.9. The largest absolute Gasteiger partial charge is 0.496 e. The maximum atomic E-state index is 6.57. The van der Waals surface area contributed by atoms with E-state index in [0.29, 0.717) is 5.02 Å².